The fourth-order valence-electron chi connectivity index (χ4n) is 1.35. The zero-order valence-electron chi connectivity index (χ0n) is 9.26. The predicted molar refractivity (Wildman–Crippen MR) is 57.2 cm³/mol. The summed E-state index contributed by atoms with van der Waals surface area (Å²) in [7, 11) is 3.94. The van der Waals surface area contributed by atoms with Gasteiger partial charge < -0.3 is 14.5 Å². The van der Waals surface area contributed by atoms with Crippen LogP contribution in [0, 0.1) is 0 Å². The van der Waals surface area contributed by atoms with Crippen LogP contribution in [0.2, 0.25) is 0 Å². The summed E-state index contributed by atoms with van der Waals surface area (Å²) in [4.78, 5) is 8.40. The van der Waals surface area contributed by atoms with E-state index in [1.807, 2.05) is 35.6 Å². The van der Waals surface area contributed by atoms with Crippen molar-refractivity contribution < 1.29 is 17.1 Å². The Labute approximate surface area is 105 Å². The Morgan fingerprint density at radius 3 is 1.75 bits per heavy atom. The molecular formula is C10H14CuN5+. The van der Waals surface area contributed by atoms with E-state index in [-0.39, 0.29) is 17.1 Å². The van der Waals surface area contributed by atoms with Crippen molar-refractivity contribution in [3.63, 3.8) is 0 Å². The van der Waals surface area contributed by atoms with Crippen LogP contribution in [-0.4, -0.2) is 19.1 Å². The Balaban J connectivity index is 0.00000128. The monoisotopic (exact) mass is 267 g/mol. The second-order valence-electron chi connectivity index (χ2n) is 3.45. The van der Waals surface area contributed by atoms with Gasteiger partial charge in [-0.1, -0.05) is 13.1 Å². The molecule has 0 fully saturated rings. The molecule has 16 heavy (non-hydrogen) atoms. The molecule has 0 aromatic carbocycles. The Morgan fingerprint density at radius 2 is 1.44 bits per heavy atom. The van der Waals surface area contributed by atoms with Crippen LogP contribution in [0.4, 0.5) is 0 Å². The maximum Gasteiger partial charge on any atom is 2.00 e. The topological polar surface area (TPSA) is 49.7 Å². The molecule has 5 nitrogen and oxygen atoms in total. The van der Waals surface area contributed by atoms with Gasteiger partial charge in [0.05, 0.1) is 11.6 Å². The van der Waals surface area contributed by atoms with Crippen molar-refractivity contribution in [1.82, 2.24) is 19.1 Å². The Hall–Kier alpha value is -1.10. The summed E-state index contributed by atoms with van der Waals surface area (Å²) in [5.74, 6) is 1.95. The third-order valence-electron chi connectivity index (χ3n) is 2.35. The third-order valence-corrected chi connectivity index (χ3v) is 2.35. The average molecular weight is 268 g/mol. The fraction of sp³-hybridized carbons (Fsp3) is 0.400. The number of nitrogens with zero attached hydrogens (tertiary/aromatic N) is 5. The van der Waals surface area contributed by atoms with Gasteiger partial charge in [-0.15, -0.1) is 0 Å². The van der Waals surface area contributed by atoms with E-state index in [0.29, 0.717) is 13.1 Å². The number of aromatic nitrogens is 4. The van der Waals surface area contributed by atoms with Gasteiger partial charge >= 0.3 is 17.1 Å². The molecule has 0 amide bonds. The van der Waals surface area contributed by atoms with Crippen molar-refractivity contribution in [1.29, 1.82) is 0 Å². The Morgan fingerprint density at radius 1 is 1.00 bits per heavy atom. The molecule has 6 heteroatoms. The zero-order chi connectivity index (χ0) is 10.7. The summed E-state index contributed by atoms with van der Waals surface area (Å²) in [6, 6.07) is 0. The molecule has 2 aromatic heterocycles. The van der Waals surface area contributed by atoms with Crippen molar-refractivity contribution in [2.45, 2.75) is 13.1 Å². The number of hydrogen-bond acceptors (Lipinski definition) is 2. The SMILES string of the molecule is Cn1ccnc1C[N-]Cc1nccn1C.[Cu+2]. The summed E-state index contributed by atoms with van der Waals surface area (Å²) >= 11 is 0. The molecule has 0 bridgehead atoms. The van der Waals surface area contributed by atoms with E-state index in [2.05, 4.69) is 15.3 Å². The maximum atomic E-state index is 4.41. The molecule has 0 aliphatic rings. The first kappa shape index (κ1) is 13.0. The molecular weight excluding hydrogens is 254 g/mol. The quantitative estimate of drug-likeness (QED) is 0.783. The molecule has 2 heterocycles. The maximum absolute atomic E-state index is 4.41. The van der Waals surface area contributed by atoms with E-state index >= 15 is 0 Å². The van der Waals surface area contributed by atoms with E-state index in [4.69, 9.17) is 0 Å². The van der Waals surface area contributed by atoms with E-state index in [1.165, 1.54) is 0 Å². The number of aryl methyl sites for hydroxylation is 2. The van der Waals surface area contributed by atoms with Gasteiger partial charge in [0.25, 0.3) is 0 Å². The van der Waals surface area contributed by atoms with E-state index < -0.39 is 0 Å². The molecule has 1 radical (unpaired) electrons. The fourth-order valence-corrected chi connectivity index (χ4v) is 1.35. The van der Waals surface area contributed by atoms with Gasteiger partial charge in [0, 0.05) is 38.9 Å². The van der Waals surface area contributed by atoms with Gasteiger partial charge in [-0.2, -0.15) is 0 Å². The summed E-state index contributed by atoms with van der Waals surface area (Å²) in [6.45, 7) is 1.27. The molecule has 0 saturated heterocycles. The van der Waals surface area contributed by atoms with Gasteiger partial charge in [0.15, 0.2) is 0 Å². The zero-order valence-corrected chi connectivity index (χ0v) is 10.2. The first-order chi connectivity index (χ1) is 7.27. The molecule has 0 N–H and O–H groups in total. The van der Waals surface area contributed by atoms with Crippen LogP contribution in [0.3, 0.4) is 0 Å². The number of hydrogen-bond donors (Lipinski definition) is 0. The molecule has 0 spiro atoms. The van der Waals surface area contributed by atoms with Crippen molar-refractivity contribution in [2.24, 2.45) is 14.1 Å². The molecule has 0 atom stereocenters. The average Bonchev–Trinajstić information content (AvgIpc) is 2.78. The molecule has 89 valence electrons. The van der Waals surface area contributed by atoms with Crippen LogP contribution >= 0.6 is 0 Å². The van der Waals surface area contributed by atoms with Crippen molar-refractivity contribution in [2.75, 3.05) is 0 Å². The van der Waals surface area contributed by atoms with E-state index in [0.717, 1.165) is 11.6 Å². The number of rotatable bonds is 4. The van der Waals surface area contributed by atoms with E-state index in [1.54, 1.807) is 12.4 Å². The Bertz CT molecular complexity index is 394. The van der Waals surface area contributed by atoms with E-state index in [9.17, 15) is 0 Å². The van der Waals surface area contributed by atoms with Crippen LogP contribution in [0.1, 0.15) is 11.6 Å². The van der Waals surface area contributed by atoms with Crippen LogP contribution < -0.4 is 0 Å². The third kappa shape index (κ3) is 2.95. The predicted octanol–water partition coefficient (Wildman–Crippen LogP) is 1.22. The van der Waals surface area contributed by atoms with Crippen LogP contribution in [-0.2, 0) is 44.3 Å². The first-order valence-corrected chi connectivity index (χ1v) is 4.83. The van der Waals surface area contributed by atoms with Gasteiger partial charge in [-0.05, 0) is 0 Å². The molecule has 2 rings (SSSR count). The standard InChI is InChI=1S/C10H14N5.Cu/c1-14-5-3-12-9(14)7-11-8-10-13-4-6-15(10)2;/h3-6H,7-8H2,1-2H3;/q-1;+2. The summed E-state index contributed by atoms with van der Waals surface area (Å²) in [6.07, 6.45) is 7.41. The minimum atomic E-state index is 0. The van der Waals surface area contributed by atoms with Gasteiger partial charge in [-0.3, -0.25) is 0 Å². The first-order valence-electron chi connectivity index (χ1n) is 4.83. The van der Waals surface area contributed by atoms with Gasteiger partial charge in [0.2, 0.25) is 0 Å². The van der Waals surface area contributed by atoms with Crippen molar-refractivity contribution in [3.05, 3.63) is 41.8 Å². The van der Waals surface area contributed by atoms with Crippen LogP contribution in [0.5, 0.6) is 0 Å². The minimum absolute atomic E-state index is 0. The minimum Gasteiger partial charge on any atom is -0.650 e. The van der Waals surface area contributed by atoms with Gasteiger partial charge in [0.1, 0.15) is 0 Å². The summed E-state index contributed by atoms with van der Waals surface area (Å²) in [5.41, 5.74) is 0. The second kappa shape index (κ2) is 5.84. The summed E-state index contributed by atoms with van der Waals surface area (Å²) < 4.78 is 3.95. The summed E-state index contributed by atoms with van der Waals surface area (Å²) in [5, 5.41) is 4.41. The molecule has 0 aliphatic carbocycles. The number of imidazole rings is 2. The van der Waals surface area contributed by atoms with Crippen LogP contribution in [0.25, 0.3) is 5.32 Å². The Kier molecular flexibility index (Phi) is 4.73. The second-order valence-corrected chi connectivity index (χ2v) is 3.45. The van der Waals surface area contributed by atoms with Crippen molar-refractivity contribution >= 4 is 0 Å². The molecule has 0 unspecified atom stereocenters. The smallest absolute Gasteiger partial charge is 0.650 e. The largest absolute Gasteiger partial charge is 2.00 e. The van der Waals surface area contributed by atoms with Crippen molar-refractivity contribution in [3.8, 4) is 0 Å². The van der Waals surface area contributed by atoms with Crippen LogP contribution in [0.15, 0.2) is 24.8 Å². The molecule has 0 saturated carbocycles. The normalized spacial score (nSPS) is 10.1. The molecule has 0 aliphatic heterocycles. The molecule has 2 aromatic rings. The van der Waals surface area contributed by atoms with Gasteiger partial charge in [-0.25, -0.2) is 9.97 Å².